The van der Waals surface area contributed by atoms with E-state index in [9.17, 15) is 9.59 Å². The van der Waals surface area contributed by atoms with Gasteiger partial charge in [0.15, 0.2) is 5.16 Å². The molecule has 1 atom stereocenters. The first-order valence-electron chi connectivity index (χ1n) is 7.45. The fourth-order valence-electron chi connectivity index (χ4n) is 2.01. The van der Waals surface area contributed by atoms with Crippen LogP contribution in [-0.4, -0.2) is 21.1 Å². The lowest BCUT2D eigenvalue weighted by molar-refractivity contribution is -0.115. The summed E-state index contributed by atoms with van der Waals surface area (Å²) in [5.74, 6) is 0.00786. The van der Waals surface area contributed by atoms with Gasteiger partial charge in [0.25, 0.3) is 5.56 Å². The Hall–Kier alpha value is -2.28. The smallest absolute Gasteiger partial charge is 0.253 e. The molecule has 122 valence electrons. The van der Waals surface area contributed by atoms with E-state index < -0.39 is 0 Å². The van der Waals surface area contributed by atoms with Crippen molar-refractivity contribution in [2.45, 2.75) is 37.1 Å². The number of hydrogen-bond donors (Lipinski definition) is 3. The molecule has 0 saturated heterocycles. The van der Waals surface area contributed by atoms with E-state index in [2.05, 4.69) is 22.2 Å². The molecule has 0 bridgehead atoms. The number of nitrogens with zero attached hydrogens (tertiary/aromatic N) is 1. The van der Waals surface area contributed by atoms with Gasteiger partial charge in [-0.25, -0.2) is 4.98 Å². The number of nitrogens with one attached hydrogen (secondary N) is 2. The van der Waals surface area contributed by atoms with Crippen LogP contribution in [-0.2, 0) is 11.2 Å². The average Bonchev–Trinajstić information content (AvgIpc) is 2.52. The molecule has 1 unspecified atom stereocenters. The van der Waals surface area contributed by atoms with Crippen LogP contribution < -0.4 is 16.6 Å². The second-order valence-corrected chi connectivity index (χ2v) is 6.22. The molecule has 1 heterocycles. The van der Waals surface area contributed by atoms with Gasteiger partial charge in [0, 0.05) is 11.8 Å². The van der Waals surface area contributed by atoms with Crippen LogP contribution in [0.15, 0.2) is 40.3 Å². The van der Waals surface area contributed by atoms with E-state index in [0.717, 1.165) is 12.1 Å². The second-order valence-electron chi connectivity index (χ2n) is 5.03. The second kappa shape index (κ2) is 7.82. The predicted octanol–water partition coefficient (Wildman–Crippen LogP) is 2.42. The van der Waals surface area contributed by atoms with Crippen molar-refractivity contribution in [1.82, 2.24) is 9.97 Å². The monoisotopic (exact) mass is 332 g/mol. The van der Waals surface area contributed by atoms with Gasteiger partial charge in [-0.2, -0.15) is 0 Å². The molecule has 0 aliphatic rings. The van der Waals surface area contributed by atoms with Crippen LogP contribution in [0.1, 0.15) is 25.8 Å². The Morgan fingerprint density at radius 3 is 2.61 bits per heavy atom. The highest BCUT2D eigenvalue weighted by atomic mass is 32.2. The third kappa shape index (κ3) is 4.85. The van der Waals surface area contributed by atoms with E-state index in [1.54, 1.807) is 0 Å². The van der Waals surface area contributed by atoms with Crippen LogP contribution in [0.3, 0.4) is 0 Å². The average molecular weight is 332 g/mol. The molecule has 1 amide bonds. The Morgan fingerprint density at radius 1 is 1.35 bits per heavy atom. The summed E-state index contributed by atoms with van der Waals surface area (Å²) in [5.41, 5.74) is 7.19. The number of nitrogens with two attached hydrogens (primary N) is 1. The number of anilines is 2. The quantitative estimate of drug-likeness (QED) is 0.557. The standard InChI is InChI=1S/C16H20N4O2S/c1-3-10-5-7-11(8-6-10)18-15(22)12(4-2)23-16-19-13(17)9-14(21)20-16/h5-9,12H,3-4H2,1-2H3,(H,18,22)(H3,17,19,20,21). The summed E-state index contributed by atoms with van der Waals surface area (Å²) in [6.45, 7) is 3.98. The first kappa shape index (κ1) is 17.1. The lowest BCUT2D eigenvalue weighted by atomic mass is 10.1. The Balaban J connectivity index is 2.06. The number of carbonyl (C=O) groups excluding carboxylic acids is 1. The van der Waals surface area contributed by atoms with Gasteiger partial charge in [-0.15, -0.1) is 0 Å². The molecule has 0 spiro atoms. The molecule has 2 rings (SSSR count). The fraction of sp³-hybridized carbons (Fsp3) is 0.312. The number of thioether (sulfide) groups is 1. The van der Waals surface area contributed by atoms with Crippen LogP contribution in [0.2, 0.25) is 0 Å². The Morgan fingerprint density at radius 2 is 2.04 bits per heavy atom. The van der Waals surface area contributed by atoms with Crippen molar-refractivity contribution in [1.29, 1.82) is 0 Å². The molecule has 1 aromatic heterocycles. The molecule has 23 heavy (non-hydrogen) atoms. The van der Waals surface area contributed by atoms with Crippen LogP contribution in [0, 0.1) is 0 Å². The lowest BCUT2D eigenvalue weighted by Gasteiger charge is -2.14. The van der Waals surface area contributed by atoms with E-state index in [4.69, 9.17) is 5.73 Å². The van der Waals surface area contributed by atoms with E-state index >= 15 is 0 Å². The highest BCUT2D eigenvalue weighted by Crippen LogP contribution is 2.23. The van der Waals surface area contributed by atoms with Crippen molar-refractivity contribution in [3.63, 3.8) is 0 Å². The number of aromatic nitrogens is 2. The van der Waals surface area contributed by atoms with Gasteiger partial charge in [0.05, 0.1) is 5.25 Å². The molecular formula is C16H20N4O2S. The van der Waals surface area contributed by atoms with Crippen LogP contribution in [0.4, 0.5) is 11.5 Å². The van der Waals surface area contributed by atoms with Gasteiger partial charge in [-0.05, 0) is 30.5 Å². The highest BCUT2D eigenvalue weighted by molar-refractivity contribution is 8.00. The number of aryl methyl sites for hydroxylation is 1. The number of H-pyrrole nitrogens is 1. The number of carbonyl (C=O) groups is 1. The molecule has 0 radical (unpaired) electrons. The zero-order valence-corrected chi connectivity index (χ0v) is 13.9. The Kier molecular flexibility index (Phi) is 5.81. The molecule has 1 aromatic carbocycles. The summed E-state index contributed by atoms with van der Waals surface area (Å²) in [5, 5.41) is 2.86. The number of rotatable bonds is 6. The highest BCUT2D eigenvalue weighted by Gasteiger charge is 2.19. The molecule has 0 saturated carbocycles. The predicted molar refractivity (Wildman–Crippen MR) is 93.7 cm³/mol. The fourth-order valence-corrected chi connectivity index (χ4v) is 2.93. The number of amides is 1. The molecule has 2 aromatic rings. The molecule has 0 aliphatic carbocycles. The maximum atomic E-state index is 12.4. The van der Waals surface area contributed by atoms with Gasteiger partial charge in [0.2, 0.25) is 5.91 Å². The zero-order chi connectivity index (χ0) is 16.8. The topological polar surface area (TPSA) is 101 Å². The third-order valence-electron chi connectivity index (χ3n) is 3.29. The Bertz CT molecular complexity index is 728. The summed E-state index contributed by atoms with van der Waals surface area (Å²) in [7, 11) is 0. The summed E-state index contributed by atoms with van der Waals surface area (Å²) < 4.78 is 0. The maximum absolute atomic E-state index is 12.4. The van der Waals surface area contributed by atoms with Gasteiger partial charge in [-0.3, -0.25) is 9.59 Å². The number of benzene rings is 1. The number of hydrogen-bond acceptors (Lipinski definition) is 5. The summed E-state index contributed by atoms with van der Waals surface area (Å²) in [4.78, 5) is 30.4. The van der Waals surface area contributed by atoms with Crippen molar-refractivity contribution in [3.8, 4) is 0 Å². The van der Waals surface area contributed by atoms with E-state index in [1.807, 2.05) is 31.2 Å². The van der Waals surface area contributed by atoms with Gasteiger partial charge >= 0.3 is 0 Å². The summed E-state index contributed by atoms with van der Waals surface area (Å²) >= 11 is 1.19. The summed E-state index contributed by atoms with van der Waals surface area (Å²) in [6, 6.07) is 8.95. The van der Waals surface area contributed by atoms with Crippen LogP contribution >= 0.6 is 11.8 Å². The number of nitrogen functional groups attached to an aromatic ring is 1. The number of aromatic amines is 1. The molecule has 0 fully saturated rings. The largest absolute Gasteiger partial charge is 0.383 e. The van der Waals surface area contributed by atoms with Crippen molar-refractivity contribution < 1.29 is 4.79 Å². The van der Waals surface area contributed by atoms with E-state index in [1.165, 1.54) is 23.4 Å². The minimum Gasteiger partial charge on any atom is -0.383 e. The molecule has 6 nitrogen and oxygen atoms in total. The molecule has 7 heteroatoms. The molecular weight excluding hydrogens is 312 g/mol. The first-order chi connectivity index (χ1) is 11.0. The van der Waals surface area contributed by atoms with Crippen molar-refractivity contribution in [2.24, 2.45) is 0 Å². The SMILES string of the molecule is CCc1ccc(NC(=O)C(CC)Sc2nc(N)cc(=O)[nH]2)cc1. The Labute approximate surface area is 138 Å². The summed E-state index contributed by atoms with van der Waals surface area (Å²) in [6.07, 6.45) is 1.55. The van der Waals surface area contributed by atoms with E-state index in [-0.39, 0.29) is 22.5 Å². The minimum absolute atomic E-state index is 0.133. The van der Waals surface area contributed by atoms with E-state index in [0.29, 0.717) is 11.6 Å². The molecule has 0 aliphatic heterocycles. The molecule has 4 N–H and O–H groups in total. The van der Waals surface area contributed by atoms with Crippen molar-refractivity contribution in [2.75, 3.05) is 11.1 Å². The van der Waals surface area contributed by atoms with Crippen LogP contribution in [0.5, 0.6) is 0 Å². The maximum Gasteiger partial charge on any atom is 0.253 e. The van der Waals surface area contributed by atoms with Crippen LogP contribution in [0.25, 0.3) is 0 Å². The van der Waals surface area contributed by atoms with Crippen molar-refractivity contribution >= 4 is 29.2 Å². The van der Waals surface area contributed by atoms with Crippen molar-refractivity contribution in [3.05, 3.63) is 46.2 Å². The van der Waals surface area contributed by atoms with Gasteiger partial charge < -0.3 is 16.0 Å². The van der Waals surface area contributed by atoms with Gasteiger partial charge in [0.1, 0.15) is 5.82 Å². The minimum atomic E-state index is -0.370. The first-order valence-corrected chi connectivity index (χ1v) is 8.33. The zero-order valence-electron chi connectivity index (χ0n) is 13.1. The normalized spacial score (nSPS) is 11.9. The van der Waals surface area contributed by atoms with Gasteiger partial charge in [-0.1, -0.05) is 37.7 Å². The lowest BCUT2D eigenvalue weighted by Crippen LogP contribution is -2.25. The third-order valence-corrected chi connectivity index (χ3v) is 4.54.